The maximum Gasteiger partial charge on any atom is 0.240 e. The van der Waals surface area contributed by atoms with Gasteiger partial charge >= 0.3 is 0 Å². The molecule has 0 heterocycles. The van der Waals surface area contributed by atoms with Crippen LogP contribution in [0.4, 0.5) is 0 Å². The topological polar surface area (TPSA) is 72.2 Å². The minimum atomic E-state index is -3.56. The van der Waals surface area contributed by atoms with E-state index in [0.717, 1.165) is 4.90 Å². The lowest BCUT2D eigenvalue weighted by Crippen LogP contribution is -2.45. The maximum absolute atomic E-state index is 12.0. The number of rotatable bonds is 5. The molecule has 0 aliphatic rings. The molecule has 0 aliphatic heterocycles. The predicted octanol–water partition coefficient (Wildman–Crippen LogP) is 2.50. The van der Waals surface area contributed by atoms with Gasteiger partial charge in [0.2, 0.25) is 10.0 Å². The van der Waals surface area contributed by atoms with Gasteiger partial charge in [0.15, 0.2) is 0 Å². The van der Waals surface area contributed by atoms with E-state index in [-0.39, 0.29) is 23.8 Å². The molecule has 19 heavy (non-hydrogen) atoms. The Morgan fingerprint density at radius 2 is 2.00 bits per heavy atom. The largest absolute Gasteiger partial charge is 0.324 e. The molecule has 0 aliphatic carbocycles. The van der Waals surface area contributed by atoms with Gasteiger partial charge in [0.1, 0.15) is 0 Å². The van der Waals surface area contributed by atoms with Crippen molar-refractivity contribution in [2.75, 3.05) is 12.8 Å². The Hall–Kier alpha value is 0.0200. The summed E-state index contributed by atoms with van der Waals surface area (Å²) < 4.78 is 26.5. The summed E-state index contributed by atoms with van der Waals surface area (Å²) in [5.41, 5.74) is 5.14. The summed E-state index contributed by atoms with van der Waals surface area (Å²) in [5.74, 6) is 0. The van der Waals surface area contributed by atoms with E-state index < -0.39 is 15.6 Å². The minimum absolute atomic E-state index is 0. The summed E-state index contributed by atoms with van der Waals surface area (Å²) >= 11 is 7.45. The smallest absolute Gasteiger partial charge is 0.240 e. The first-order chi connectivity index (χ1) is 8.15. The Morgan fingerprint density at radius 1 is 1.42 bits per heavy atom. The van der Waals surface area contributed by atoms with Crippen LogP contribution >= 0.6 is 35.8 Å². The third kappa shape index (κ3) is 5.89. The summed E-state index contributed by atoms with van der Waals surface area (Å²) in [7, 11) is -3.56. The lowest BCUT2D eigenvalue weighted by Gasteiger charge is -2.19. The van der Waals surface area contributed by atoms with Crippen molar-refractivity contribution in [3.63, 3.8) is 0 Å². The second kappa shape index (κ2) is 7.15. The van der Waals surface area contributed by atoms with E-state index >= 15 is 0 Å². The molecule has 0 spiro atoms. The zero-order valence-corrected chi connectivity index (χ0v) is 14.1. The standard InChI is InChI=1S/C11H17ClN2O2S2.ClH/c1-11(2,13)7-14-18(15,16)8-4-5-10(17-3)9(12)6-8;/h4-6,14H,7,13H2,1-3H3;1H. The van der Waals surface area contributed by atoms with E-state index in [1.807, 2.05) is 6.26 Å². The van der Waals surface area contributed by atoms with E-state index in [9.17, 15) is 8.42 Å². The van der Waals surface area contributed by atoms with Crippen molar-refractivity contribution in [3.8, 4) is 0 Å². The first-order valence-electron chi connectivity index (χ1n) is 5.28. The van der Waals surface area contributed by atoms with Crippen LogP contribution in [0.25, 0.3) is 0 Å². The number of sulfonamides is 1. The molecule has 4 nitrogen and oxygen atoms in total. The molecule has 0 atom stereocenters. The first kappa shape index (κ1) is 19.0. The number of hydrogen-bond donors (Lipinski definition) is 2. The van der Waals surface area contributed by atoms with Crippen molar-refractivity contribution < 1.29 is 8.42 Å². The number of nitrogens with one attached hydrogen (secondary N) is 1. The number of halogens is 2. The van der Waals surface area contributed by atoms with Crippen molar-refractivity contribution >= 4 is 45.8 Å². The summed E-state index contributed by atoms with van der Waals surface area (Å²) in [6, 6.07) is 4.66. The summed E-state index contributed by atoms with van der Waals surface area (Å²) in [6.45, 7) is 3.66. The number of thioether (sulfide) groups is 1. The van der Waals surface area contributed by atoms with Crippen molar-refractivity contribution in [2.45, 2.75) is 29.2 Å². The average molecular weight is 345 g/mol. The molecule has 8 heteroatoms. The Labute approximate surface area is 129 Å². The highest BCUT2D eigenvalue weighted by Gasteiger charge is 2.19. The van der Waals surface area contributed by atoms with Crippen LogP contribution in [-0.4, -0.2) is 26.8 Å². The van der Waals surface area contributed by atoms with Gasteiger partial charge in [-0.15, -0.1) is 24.2 Å². The molecule has 0 fully saturated rings. The van der Waals surface area contributed by atoms with Gasteiger partial charge in [-0.05, 0) is 38.3 Å². The molecule has 1 rings (SSSR count). The first-order valence-corrected chi connectivity index (χ1v) is 8.36. The molecule has 0 radical (unpaired) electrons. The van der Waals surface area contributed by atoms with Crippen LogP contribution in [0, 0.1) is 0 Å². The molecule has 0 saturated carbocycles. The number of nitrogens with two attached hydrogens (primary N) is 1. The van der Waals surface area contributed by atoms with Crippen LogP contribution in [-0.2, 0) is 10.0 Å². The molecular formula is C11H18Cl2N2O2S2. The zero-order chi connectivity index (χ0) is 14.0. The maximum atomic E-state index is 12.0. The zero-order valence-electron chi connectivity index (χ0n) is 10.9. The Balaban J connectivity index is 0.00000324. The van der Waals surface area contributed by atoms with Gasteiger partial charge in [-0.2, -0.15) is 0 Å². The van der Waals surface area contributed by atoms with Gasteiger partial charge < -0.3 is 5.73 Å². The minimum Gasteiger partial charge on any atom is -0.324 e. The monoisotopic (exact) mass is 344 g/mol. The second-order valence-corrected chi connectivity index (χ2v) is 7.63. The molecule has 0 saturated heterocycles. The van der Waals surface area contributed by atoms with Crippen molar-refractivity contribution in [1.82, 2.24) is 4.72 Å². The lowest BCUT2D eigenvalue weighted by atomic mass is 10.1. The Kier molecular flexibility index (Phi) is 7.16. The molecular weight excluding hydrogens is 327 g/mol. The van der Waals surface area contributed by atoms with Crippen LogP contribution in [0.15, 0.2) is 28.0 Å². The van der Waals surface area contributed by atoms with Crippen LogP contribution in [0.5, 0.6) is 0 Å². The fourth-order valence-electron chi connectivity index (χ4n) is 1.18. The predicted molar refractivity (Wildman–Crippen MR) is 83.9 cm³/mol. The van der Waals surface area contributed by atoms with Crippen LogP contribution in [0.1, 0.15) is 13.8 Å². The van der Waals surface area contributed by atoms with Gasteiger partial charge in [-0.25, -0.2) is 13.1 Å². The fraction of sp³-hybridized carbons (Fsp3) is 0.455. The van der Waals surface area contributed by atoms with E-state index in [2.05, 4.69) is 4.72 Å². The van der Waals surface area contributed by atoms with Gasteiger partial charge in [-0.1, -0.05) is 11.6 Å². The van der Waals surface area contributed by atoms with Gasteiger partial charge in [0, 0.05) is 17.0 Å². The summed E-state index contributed by atoms with van der Waals surface area (Å²) in [6.07, 6.45) is 1.88. The Morgan fingerprint density at radius 3 is 2.42 bits per heavy atom. The lowest BCUT2D eigenvalue weighted by molar-refractivity contribution is 0.498. The summed E-state index contributed by atoms with van der Waals surface area (Å²) in [4.78, 5) is 0.990. The number of benzene rings is 1. The van der Waals surface area contributed by atoms with E-state index in [0.29, 0.717) is 5.02 Å². The fourth-order valence-corrected chi connectivity index (χ4v) is 3.36. The van der Waals surface area contributed by atoms with Crippen molar-refractivity contribution in [1.29, 1.82) is 0 Å². The third-order valence-corrected chi connectivity index (χ3v) is 4.77. The summed E-state index contributed by atoms with van der Waals surface area (Å²) in [5, 5.41) is 0.428. The van der Waals surface area contributed by atoms with Gasteiger partial charge in [0.05, 0.1) is 9.92 Å². The molecule has 0 unspecified atom stereocenters. The van der Waals surface area contributed by atoms with Gasteiger partial charge in [-0.3, -0.25) is 0 Å². The highest BCUT2D eigenvalue weighted by atomic mass is 35.5. The molecule has 0 amide bonds. The SMILES string of the molecule is CSc1ccc(S(=O)(=O)NCC(C)(C)N)cc1Cl.Cl. The van der Waals surface area contributed by atoms with Crippen molar-refractivity contribution in [2.24, 2.45) is 5.73 Å². The molecule has 3 N–H and O–H groups in total. The van der Waals surface area contributed by atoms with Crippen LogP contribution < -0.4 is 10.5 Å². The second-order valence-electron chi connectivity index (χ2n) is 4.61. The molecule has 1 aromatic rings. The van der Waals surface area contributed by atoms with Crippen LogP contribution in [0.2, 0.25) is 5.02 Å². The van der Waals surface area contributed by atoms with Crippen molar-refractivity contribution in [3.05, 3.63) is 23.2 Å². The molecule has 0 aromatic heterocycles. The van der Waals surface area contributed by atoms with E-state index in [1.165, 1.54) is 23.9 Å². The molecule has 110 valence electrons. The van der Waals surface area contributed by atoms with E-state index in [1.54, 1.807) is 19.9 Å². The number of hydrogen-bond acceptors (Lipinski definition) is 4. The average Bonchev–Trinajstić information content (AvgIpc) is 2.25. The van der Waals surface area contributed by atoms with E-state index in [4.69, 9.17) is 17.3 Å². The highest BCUT2D eigenvalue weighted by Crippen LogP contribution is 2.27. The highest BCUT2D eigenvalue weighted by molar-refractivity contribution is 7.98. The Bertz CT molecular complexity index is 528. The quantitative estimate of drug-likeness (QED) is 0.805. The van der Waals surface area contributed by atoms with Crippen LogP contribution in [0.3, 0.4) is 0 Å². The molecule has 1 aromatic carbocycles. The van der Waals surface area contributed by atoms with Gasteiger partial charge in [0.25, 0.3) is 0 Å². The molecule has 0 bridgehead atoms. The third-order valence-electron chi connectivity index (χ3n) is 2.15. The normalized spacial score (nSPS) is 12.1.